The molecule has 1 N–H and O–H groups in total. The van der Waals surface area contributed by atoms with Crippen LogP contribution >= 0.6 is 0 Å². The van der Waals surface area contributed by atoms with Gasteiger partial charge in [-0.25, -0.2) is 4.79 Å². The Labute approximate surface area is 83.0 Å². The lowest BCUT2D eigenvalue weighted by Crippen LogP contribution is -2.26. The van der Waals surface area contributed by atoms with Gasteiger partial charge in [-0.05, 0) is 20.3 Å². The van der Waals surface area contributed by atoms with E-state index in [-0.39, 0.29) is 19.6 Å². The first kappa shape index (κ1) is 12.9. The first-order chi connectivity index (χ1) is 6.61. The Bertz CT molecular complexity index is 190. The van der Waals surface area contributed by atoms with Crippen LogP contribution in [0, 0.1) is 0 Å². The van der Waals surface area contributed by atoms with Gasteiger partial charge < -0.3 is 14.6 Å². The van der Waals surface area contributed by atoms with E-state index < -0.39 is 18.0 Å². The van der Waals surface area contributed by atoms with E-state index >= 15 is 0 Å². The van der Waals surface area contributed by atoms with Crippen molar-refractivity contribution in [2.45, 2.75) is 32.8 Å². The van der Waals surface area contributed by atoms with Gasteiger partial charge in [0.25, 0.3) is 0 Å². The van der Waals surface area contributed by atoms with Crippen molar-refractivity contribution < 1.29 is 24.2 Å². The van der Waals surface area contributed by atoms with Crippen LogP contribution in [0.15, 0.2) is 0 Å². The fourth-order valence-electron chi connectivity index (χ4n) is 0.787. The van der Waals surface area contributed by atoms with Crippen molar-refractivity contribution in [2.75, 3.05) is 13.2 Å². The van der Waals surface area contributed by atoms with Crippen LogP contribution in [-0.2, 0) is 19.1 Å². The van der Waals surface area contributed by atoms with Gasteiger partial charge in [0.2, 0.25) is 0 Å². The molecule has 0 aromatic rings. The highest BCUT2D eigenvalue weighted by atomic mass is 16.6. The van der Waals surface area contributed by atoms with Crippen LogP contribution < -0.4 is 0 Å². The molecule has 5 nitrogen and oxygen atoms in total. The molecule has 0 radical (unpaired) electrons. The molecule has 0 aliphatic rings. The second kappa shape index (κ2) is 7.32. The normalized spacial score (nSPS) is 11.9. The highest BCUT2D eigenvalue weighted by Gasteiger charge is 2.18. The summed E-state index contributed by atoms with van der Waals surface area (Å²) in [4.78, 5) is 22.0. The number of carbonyl (C=O) groups excluding carboxylic acids is 2. The minimum absolute atomic E-state index is 0.0666. The van der Waals surface area contributed by atoms with Gasteiger partial charge in [-0.1, -0.05) is 0 Å². The standard InChI is InChI=1S/C9H16O5/c1-3-13-9(12)7(2)14-8(11)5-4-6-10/h7,10H,3-6H2,1-2H3/t7-/m0/s1. The Morgan fingerprint density at radius 3 is 2.57 bits per heavy atom. The molecule has 0 aromatic heterocycles. The topological polar surface area (TPSA) is 72.8 Å². The summed E-state index contributed by atoms with van der Waals surface area (Å²) in [5.74, 6) is -1.05. The van der Waals surface area contributed by atoms with Crippen molar-refractivity contribution in [3.63, 3.8) is 0 Å². The van der Waals surface area contributed by atoms with Crippen LogP contribution in [0.1, 0.15) is 26.7 Å². The molecule has 0 spiro atoms. The summed E-state index contributed by atoms with van der Waals surface area (Å²) in [6, 6.07) is 0. The molecular weight excluding hydrogens is 188 g/mol. The maximum atomic E-state index is 11.0. The molecule has 5 heteroatoms. The molecule has 0 amide bonds. The molecule has 0 aromatic carbocycles. The highest BCUT2D eigenvalue weighted by molar-refractivity contribution is 5.78. The Morgan fingerprint density at radius 2 is 2.07 bits per heavy atom. The van der Waals surface area contributed by atoms with E-state index in [0.29, 0.717) is 6.42 Å². The molecule has 0 aliphatic heterocycles. The summed E-state index contributed by atoms with van der Waals surface area (Å²) >= 11 is 0. The molecule has 0 saturated heterocycles. The predicted octanol–water partition coefficient (Wildman–Crippen LogP) is 0.254. The molecule has 14 heavy (non-hydrogen) atoms. The third-order valence-electron chi connectivity index (χ3n) is 1.47. The molecule has 0 unspecified atom stereocenters. The van der Waals surface area contributed by atoms with Gasteiger partial charge in [0, 0.05) is 13.0 Å². The number of aliphatic hydroxyl groups is 1. The Balaban J connectivity index is 3.75. The molecule has 0 fully saturated rings. The molecule has 0 bridgehead atoms. The van der Waals surface area contributed by atoms with E-state index in [1.807, 2.05) is 0 Å². The van der Waals surface area contributed by atoms with Crippen molar-refractivity contribution in [1.82, 2.24) is 0 Å². The van der Waals surface area contributed by atoms with Gasteiger partial charge >= 0.3 is 11.9 Å². The summed E-state index contributed by atoms with van der Waals surface area (Å²) in [5.41, 5.74) is 0. The number of esters is 2. The van der Waals surface area contributed by atoms with Crippen LogP contribution in [0.5, 0.6) is 0 Å². The third-order valence-corrected chi connectivity index (χ3v) is 1.47. The van der Waals surface area contributed by atoms with Crippen molar-refractivity contribution in [3.8, 4) is 0 Å². The van der Waals surface area contributed by atoms with Crippen LogP contribution in [0.4, 0.5) is 0 Å². The number of aliphatic hydroxyl groups excluding tert-OH is 1. The van der Waals surface area contributed by atoms with E-state index in [2.05, 4.69) is 4.74 Å². The SMILES string of the molecule is CCOC(=O)[C@H](C)OC(=O)CCCO. The third kappa shape index (κ3) is 5.53. The summed E-state index contributed by atoms with van der Waals surface area (Å²) in [6.45, 7) is 3.33. The van der Waals surface area contributed by atoms with Gasteiger partial charge in [0.1, 0.15) is 0 Å². The van der Waals surface area contributed by atoms with Gasteiger partial charge in [0.15, 0.2) is 6.10 Å². The zero-order chi connectivity index (χ0) is 11.0. The van der Waals surface area contributed by atoms with Crippen LogP contribution in [-0.4, -0.2) is 36.4 Å². The molecular formula is C9H16O5. The summed E-state index contributed by atoms with van der Waals surface area (Å²) in [5, 5.41) is 8.44. The monoisotopic (exact) mass is 204 g/mol. The molecule has 0 rings (SSSR count). The summed E-state index contributed by atoms with van der Waals surface area (Å²) in [7, 11) is 0. The smallest absolute Gasteiger partial charge is 0.347 e. The lowest BCUT2D eigenvalue weighted by molar-refractivity contribution is -0.166. The number of rotatable bonds is 6. The molecule has 0 heterocycles. The number of hydrogen-bond donors (Lipinski definition) is 1. The fourth-order valence-corrected chi connectivity index (χ4v) is 0.787. The van der Waals surface area contributed by atoms with Crippen molar-refractivity contribution >= 4 is 11.9 Å². The fraction of sp³-hybridized carbons (Fsp3) is 0.778. The molecule has 82 valence electrons. The second-order valence-electron chi connectivity index (χ2n) is 2.71. The summed E-state index contributed by atoms with van der Waals surface area (Å²) < 4.78 is 9.39. The Hall–Kier alpha value is -1.10. The average Bonchev–Trinajstić information content (AvgIpc) is 2.15. The lowest BCUT2D eigenvalue weighted by Gasteiger charge is -2.11. The second-order valence-corrected chi connectivity index (χ2v) is 2.71. The van der Waals surface area contributed by atoms with E-state index in [9.17, 15) is 9.59 Å². The lowest BCUT2D eigenvalue weighted by atomic mass is 10.3. The molecule has 0 saturated carbocycles. The highest BCUT2D eigenvalue weighted by Crippen LogP contribution is 1.99. The Morgan fingerprint density at radius 1 is 1.43 bits per heavy atom. The zero-order valence-corrected chi connectivity index (χ0v) is 8.49. The van der Waals surface area contributed by atoms with E-state index in [1.165, 1.54) is 6.92 Å². The van der Waals surface area contributed by atoms with Crippen LogP contribution in [0.3, 0.4) is 0 Å². The largest absolute Gasteiger partial charge is 0.463 e. The van der Waals surface area contributed by atoms with Crippen LogP contribution in [0.25, 0.3) is 0 Å². The quantitative estimate of drug-likeness (QED) is 0.628. The van der Waals surface area contributed by atoms with Crippen LogP contribution in [0.2, 0.25) is 0 Å². The zero-order valence-electron chi connectivity index (χ0n) is 8.49. The van der Waals surface area contributed by atoms with Gasteiger partial charge in [-0.2, -0.15) is 0 Å². The van der Waals surface area contributed by atoms with E-state index in [1.54, 1.807) is 6.92 Å². The average molecular weight is 204 g/mol. The first-order valence-corrected chi connectivity index (χ1v) is 4.58. The van der Waals surface area contributed by atoms with E-state index in [4.69, 9.17) is 9.84 Å². The van der Waals surface area contributed by atoms with Gasteiger partial charge in [0.05, 0.1) is 6.61 Å². The van der Waals surface area contributed by atoms with Crippen molar-refractivity contribution in [2.24, 2.45) is 0 Å². The first-order valence-electron chi connectivity index (χ1n) is 4.58. The molecule has 0 aliphatic carbocycles. The van der Waals surface area contributed by atoms with Crippen molar-refractivity contribution in [3.05, 3.63) is 0 Å². The minimum Gasteiger partial charge on any atom is -0.463 e. The number of carbonyl (C=O) groups is 2. The van der Waals surface area contributed by atoms with Gasteiger partial charge in [-0.15, -0.1) is 0 Å². The Kier molecular flexibility index (Phi) is 6.74. The summed E-state index contributed by atoms with van der Waals surface area (Å²) in [6.07, 6.45) is -0.421. The predicted molar refractivity (Wildman–Crippen MR) is 48.5 cm³/mol. The van der Waals surface area contributed by atoms with Gasteiger partial charge in [-0.3, -0.25) is 4.79 Å². The maximum Gasteiger partial charge on any atom is 0.347 e. The van der Waals surface area contributed by atoms with Crippen molar-refractivity contribution in [1.29, 1.82) is 0 Å². The molecule has 1 atom stereocenters. The number of ether oxygens (including phenoxy) is 2. The van der Waals surface area contributed by atoms with E-state index in [0.717, 1.165) is 0 Å². The maximum absolute atomic E-state index is 11.0. The number of hydrogen-bond acceptors (Lipinski definition) is 5. The minimum atomic E-state index is -0.874.